The van der Waals surface area contributed by atoms with E-state index in [-0.39, 0.29) is 16.2 Å². The van der Waals surface area contributed by atoms with Gasteiger partial charge in [0.15, 0.2) is 9.84 Å². The summed E-state index contributed by atoms with van der Waals surface area (Å²) >= 11 is 5.45. The van der Waals surface area contributed by atoms with Crippen LogP contribution in [0, 0.1) is 6.92 Å². The van der Waals surface area contributed by atoms with E-state index in [9.17, 15) is 13.2 Å². The van der Waals surface area contributed by atoms with E-state index in [4.69, 9.17) is 16.7 Å². The van der Waals surface area contributed by atoms with Crippen molar-refractivity contribution in [3.8, 4) is 0 Å². The molecule has 0 amide bonds. The van der Waals surface area contributed by atoms with E-state index in [0.29, 0.717) is 11.1 Å². The van der Waals surface area contributed by atoms with E-state index in [1.807, 2.05) is 0 Å². The van der Waals surface area contributed by atoms with Crippen LogP contribution in [0.25, 0.3) is 0 Å². The van der Waals surface area contributed by atoms with Crippen LogP contribution in [0.1, 0.15) is 22.8 Å². The molecule has 18 heavy (non-hydrogen) atoms. The molecule has 98 valence electrons. The van der Waals surface area contributed by atoms with Gasteiger partial charge in [0, 0.05) is 5.54 Å². The van der Waals surface area contributed by atoms with Gasteiger partial charge in [-0.1, -0.05) is 17.7 Å². The van der Waals surface area contributed by atoms with Crippen LogP contribution in [0.5, 0.6) is 0 Å². The smallest absolute Gasteiger partial charge is 0.335 e. The molecular formula is C12H13ClO4S. The molecule has 0 heterocycles. The maximum Gasteiger partial charge on any atom is 0.335 e. The van der Waals surface area contributed by atoms with Crippen LogP contribution in [0.3, 0.4) is 0 Å². The van der Waals surface area contributed by atoms with Gasteiger partial charge in [-0.15, -0.1) is 0 Å². The molecule has 0 unspecified atom stereocenters. The van der Waals surface area contributed by atoms with Gasteiger partial charge < -0.3 is 5.11 Å². The molecule has 0 aliphatic heterocycles. The standard InChI is InChI=1S/C12H13ClO4S/c1-8(6-13)7-18(16,17)11-5-10(12(14)15)4-3-9(11)2/h3-6H,7H2,1-2H3,(H,14,15)/b8-6-. The van der Waals surface area contributed by atoms with Gasteiger partial charge in [-0.05, 0) is 37.1 Å². The van der Waals surface area contributed by atoms with E-state index in [0.717, 1.165) is 0 Å². The van der Waals surface area contributed by atoms with Crippen LogP contribution in [0.2, 0.25) is 0 Å². The molecule has 1 N–H and O–H groups in total. The summed E-state index contributed by atoms with van der Waals surface area (Å²) in [5.74, 6) is -1.38. The minimum absolute atomic E-state index is 0.0280. The zero-order valence-electron chi connectivity index (χ0n) is 9.97. The van der Waals surface area contributed by atoms with E-state index in [2.05, 4.69) is 0 Å². The quantitative estimate of drug-likeness (QED) is 0.924. The molecule has 0 saturated carbocycles. The number of rotatable bonds is 4. The molecule has 0 fully saturated rings. The molecule has 0 aromatic heterocycles. The van der Waals surface area contributed by atoms with Crippen LogP contribution in [0.4, 0.5) is 0 Å². The molecule has 0 saturated heterocycles. The van der Waals surface area contributed by atoms with Gasteiger partial charge in [0.25, 0.3) is 0 Å². The summed E-state index contributed by atoms with van der Waals surface area (Å²) in [7, 11) is -3.57. The number of benzene rings is 1. The lowest BCUT2D eigenvalue weighted by Gasteiger charge is -2.08. The molecule has 1 rings (SSSR count). The predicted molar refractivity (Wildman–Crippen MR) is 69.8 cm³/mol. The third-order valence-electron chi connectivity index (χ3n) is 2.37. The minimum atomic E-state index is -3.57. The molecule has 0 atom stereocenters. The average molecular weight is 289 g/mol. The molecule has 6 heteroatoms. The second kappa shape index (κ2) is 5.54. The van der Waals surface area contributed by atoms with Gasteiger partial charge in [0.1, 0.15) is 0 Å². The highest BCUT2D eigenvalue weighted by molar-refractivity contribution is 7.91. The summed E-state index contributed by atoms with van der Waals surface area (Å²) in [6.07, 6.45) is 0. The van der Waals surface area contributed by atoms with Crippen LogP contribution in [-0.2, 0) is 9.84 Å². The minimum Gasteiger partial charge on any atom is -0.478 e. The maximum atomic E-state index is 12.1. The molecule has 0 spiro atoms. The number of carbonyl (C=O) groups is 1. The second-order valence-corrected chi connectivity index (χ2v) is 6.18. The molecule has 1 aromatic rings. The number of carboxylic acid groups (broad SMARTS) is 1. The third kappa shape index (κ3) is 3.34. The summed E-state index contributed by atoms with van der Waals surface area (Å²) < 4.78 is 24.2. The lowest BCUT2D eigenvalue weighted by molar-refractivity contribution is 0.0696. The molecule has 1 aromatic carbocycles. The lowest BCUT2D eigenvalue weighted by atomic mass is 10.1. The number of hydrogen-bond donors (Lipinski definition) is 1. The van der Waals surface area contributed by atoms with E-state index >= 15 is 0 Å². The van der Waals surface area contributed by atoms with Gasteiger partial charge in [0.05, 0.1) is 16.2 Å². The van der Waals surface area contributed by atoms with Crippen molar-refractivity contribution < 1.29 is 18.3 Å². The van der Waals surface area contributed by atoms with E-state index < -0.39 is 15.8 Å². The van der Waals surface area contributed by atoms with E-state index in [1.165, 1.54) is 23.7 Å². The Bertz CT molecular complexity index is 603. The number of aromatic carboxylic acids is 1. The Kier molecular flexibility index (Phi) is 4.53. The van der Waals surface area contributed by atoms with Gasteiger partial charge in [-0.25, -0.2) is 13.2 Å². The van der Waals surface area contributed by atoms with Crippen molar-refractivity contribution in [3.05, 3.63) is 40.4 Å². The molecular weight excluding hydrogens is 276 g/mol. The topological polar surface area (TPSA) is 71.4 Å². The SMILES string of the molecule is C/C(=C/Cl)CS(=O)(=O)c1cc(C(=O)O)ccc1C. The van der Waals surface area contributed by atoms with Crippen molar-refractivity contribution >= 4 is 27.4 Å². The van der Waals surface area contributed by atoms with Gasteiger partial charge in [-0.3, -0.25) is 0 Å². The van der Waals surface area contributed by atoms with Crippen LogP contribution in [0.15, 0.2) is 34.2 Å². The van der Waals surface area contributed by atoms with Crippen molar-refractivity contribution in [2.45, 2.75) is 18.7 Å². The number of carboxylic acids is 1. The van der Waals surface area contributed by atoms with Crippen molar-refractivity contribution in [1.82, 2.24) is 0 Å². The average Bonchev–Trinajstić information content (AvgIpc) is 2.28. The Morgan fingerprint density at radius 1 is 1.44 bits per heavy atom. The molecule has 0 radical (unpaired) electrons. The number of hydrogen-bond acceptors (Lipinski definition) is 3. The van der Waals surface area contributed by atoms with Crippen molar-refractivity contribution in [2.24, 2.45) is 0 Å². The fraction of sp³-hybridized carbons (Fsp3) is 0.250. The number of sulfone groups is 1. The van der Waals surface area contributed by atoms with Crippen molar-refractivity contribution in [2.75, 3.05) is 5.75 Å². The number of halogens is 1. The van der Waals surface area contributed by atoms with Crippen LogP contribution in [-0.4, -0.2) is 25.2 Å². The lowest BCUT2D eigenvalue weighted by Crippen LogP contribution is -2.11. The maximum absolute atomic E-state index is 12.1. The fourth-order valence-electron chi connectivity index (χ4n) is 1.48. The summed E-state index contributed by atoms with van der Waals surface area (Å²) in [6, 6.07) is 4.03. The highest BCUT2D eigenvalue weighted by Gasteiger charge is 2.19. The Morgan fingerprint density at radius 2 is 2.06 bits per heavy atom. The highest BCUT2D eigenvalue weighted by Crippen LogP contribution is 2.20. The fourth-order valence-corrected chi connectivity index (χ4v) is 3.35. The normalized spacial score (nSPS) is 12.5. The van der Waals surface area contributed by atoms with E-state index in [1.54, 1.807) is 13.8 Å². The zero-order chi connectivity index (χ0) is 13.9. The Balaban J connectivity index is 3.32. The first kappa shape index (κ1) is 14.7. The van der Waals surface area contributed by atoms with Gasteiger partial charge in [0.2, 0.25) is 0 Å². The van der Waals surface area contributed by atoms with Crippen molar-refractivity contribution in [3.63, 3.8) is 0 Å². The highest BCUT2D eigenvalue weighted by atomic mass is 35.5. The van der Waals surface area contributed by atoms with Crippen LogP contribution < -0.4 is 0 Å². The zero-order valence-corrected chi connectivity index (χ0v) is 11.5. The second-order valence-electron chi connectivity index (χ2n) is 4.00. The number of aryl methyl sites for hydroxylation is 1. The largest absolute Gasteiger partial charge is 0.478 e. The Labute approximate surface area is 111 Å². The monoisotopic (exact) mass is 288 g/mol. The van der Waals surface area contributed by atoms with Crippen molar-refractivity contribution in [1.29, 1.82) is 0 Å². The first-order chi connectivity index (χ1) is 8.27. The Hall–Kier alpha value is -1.33. The first-order valence-electron chi connectivity index (χ1n) is 5.10. The van der Waals surface area contributed by atoms with Crippen LogP contribution >= 0.6 is 11.6 Å². The molecule has 0 aliphatic rings. The predicted octanol–water partition coefficient (Wildman–Crippen LogP) is 2.61. The third-order valence-corrected chi connectivity index (χ3v) is 4.69. The summed E-state index contributed by atoms with van der Waals surface area (Å²) in [4.78, 5) is 10.9. The summed E-state index contributed by atoms with van der Waals surface area (Å²) in [6.45, 7) is 3.22. The first-order valence-corrected chi connectivity index (χ1v) is 7.19. The molecule has 0 bridgehead atoms. The molecule has 4 nitrogen and oxygen atoms in total. The Morgan fingerprint density at radius 3 is 2.56 bits per heavy atom. The summed E-state index contributed by atoms with van der Waals surface area (Å²) in [5, 5.41) is 8.87. The molecule has 0 aliphatic carbocycles. The van der Waals surface area contributed by atoms with Gasteiger partial charge in [-0.2, -0.15) is 0 Å². The van der Waals surface area contributed by atoms with Gasteiger partial charge >= 0.3 is 5.97 Å². The summed E-state index contributed by atoms with van der Waals surface area (Å²) in [5.41, 5.74) is 2.17.